The van der Waals surface area contributed by atoms with Crippen LogP contribution in [0.5, 0.6) is 0 Å². The molecular formula is C24H17N7O2. The molecule has 0 aliphatic heterocycles. The van der Waals surface area contributed by atoms with Crippen LogP contribution < -0.4 is 16.6 Å². The molecule has 0 unspecified atom stereocenters. The number of amides is 1. The molecule has 9 nitrogen and oxygen atoms in total. The first-order valence-corrected chi connectivity index (χ1v) is 10.0. The van der Waals surface area contributed by atoms with Crippen molar-refractivity contribution in [1.82, 2.24) is 25.1 Å². The highest BCUT2D eigenvalue weighted by Crippen LogP contribution is 2.32. The molecule has 5 N–H and O–H groups in total. The Morgan fingerprint density at radius 3 is 2.79 bits per heavy atom. The van der Waals surface area contributed by atoms with Crippen LogP contribution in [0.4, 0.5) is 5.82 Å². The number of nitrogens with zero attached hydrogens (tertiary/aromatic N) is 3. The van der Waals surface area contributed by atoms with Crippen LogP contribution in [-0.4, -0.2) is 31.1 Å². The number of anilines is 1. The first-order valence-electron chi connectivity index (χ1n) is 10.0. The second kappa shape index (κ2) is 8.28. The van der Waals surface area contributed by atoms with Crippen molar-refractivity contribution in [1.29, 1.82) is 0 Å². The molecule has 0 saturated carbocycles. The molecule has 5 rings (SSSR count). The molecule has 0 saturated heterocycles. The van der Waals surface area contributed by atoms with Gasteiger partial charge in [0.15, 0.2) is 0 Å². The van der Waals surface area contributed by atoms with Crippen LogP contribution >= 0.6 is 0 Å². The lowest BCUT2D eigenvalue weighted by molar-refractivity contribution is -0.112. The number of carbonyl (C=O) groups excluding carboxylic acids is 1. The molecule has 0 radical (unpaired) electrons. The number of fused-ring (bicyclic) bond motifs is 3. The zero-order valence-electron chi connectivity index (χ0n) is 17.2. The maximum Gasteiger partial charge on any atom is 0.293 e. The molecule has 33 heavy (non-hydrogen) atoms. The van der Waals surface area contributed by atoms with E-state index >= 15 is 0 Å². The first-order chi connectivity index (χ1) is 16.1. The summed E-state index contributed by atoms with van der Waals surface area (Å²) in [5.74, 6) is 4.81. The van der Waals surface area contributed by atoms with Crippen molar-refractivity contribution < 1.29 is 4.79 Å². The highest BCUT2D eigenvalue weighted by atomic mass is 16.1. The summed E-state index contributed by atoms with van der Waals surface area (Å²) in [5, 5.41) is 12.1. The smallest absolute Gasteiger partial charge is 0.293 e. The molecule has 0 fully saturated rings. The number of rotatable bonds is 4. The fraction of sp³-hybridized carbons (Fsp3) is 0.0417. The van der Waals surface area contributed by atoms with Crippen LogP contribution in [-0.2, 0) is 11.3 Å². The number of primary amides is 1. The lowest BCUT2D eigenvalue weighted by atomic mass is 10.0. The van der Waals surface area contributed by atoms with E-state index < -0.39 is 5.91 Å². The topological polar surface area (TPSA) is 142 Å². The summed E-state index contributed by atoms with van der Waals surface area (Å²) in [6.07, 6.45) is 4.81. The normalized spacial score (nSPS) is 10.7. The largest absolute Gasteiger partial charge is 0.364 e. The summed E-state index contributed by atoms with van der Waals surface area (Å²) in [4.78, 5) is 35.8. The van der Waals surface area contributed by atoms with Gasteiger partial charge in [0, 0.05) is 40.8 Å². The van der Waals surface area contributed by atoms with E-state index in [2.05, 4.69) is 37.3 Å². The lowest BCUT2D eigenvalue weighted by Gasteiger charge is -2.13. The van der Waals surface area contributed by atoms with E-state index in [1.165, 1.54) is 6.20 Å². The van der Waals surface area contributed by atoms with Gasteiger partial charge < -0.3 is 16.0 Å². The van der Waals surface area contributed by atoms with Gasteiger partial charge in [-0.2, -0.15) is 5.10 Å². The Hall–Kier alpha value is -4.97. The van der Waals surface area contributed by atoms with Gasteiger partial charge in [0.1, 0.15) is 5.82 Å². The number of hydrogen-bond acceptors (Lipinski definition) is 6. The Balaban J connectivity index is 1.77. The third-order valence-electron chi connectivity index (χ3n) is 5.13. The number of nitrogens with two attached hydrogens (primary N) is 1. The zero-order chi connectivity index (χ0) is 22.8. The minimum Gasteiger partial charge on any atom is -0.364 e. The molecule has 0 atom stereocenters. The van der Waals surface area contributed by atoms with Crippen LogP contribution in [0.25, 0.3) is 32.9 Å². The van der Waals surface area contributed by atoms with Gasteiger partial charge >= 0.3 is 0 Å². The monoisotopic (exact) mass is 435 g/mol. The number of pyridine rings is 3. The molecule has 4 heterocycles. The number of aromatic nitrogens is 5. The summed E-state index contributed by atoms with van der Waals surface area (Å²) >= 11 is 0. The quantitative estimate of drug-likeness (QED) is 0.252. The summed E-state index contributed by atoms with van der Waals surface area (Å²) in [6, 6.07) is 13.2. The van der Waals surface area contributed by atoms with Crippen LogP contribution in [0.1, 0.15) is 11.3 Å². The Bertz CT molecular complexity index is 1610. The fourth-order valence-corrected chi connectivity index (χ4v) is 3.64. The molecule has 9 heteroatoms. The molecule has 0 aliphatic rings. The van der Waals surface area contributed by atoms with E-state index in [9.17, 15) is 9.59 Å². The second-order valence-electron chi connectivity index (χ2n) is 7.24. The van der Waals surface area contributed by atoms with Crippen molar-refractivity contribution >= 4 is 33.4 Å². The third-order valence-corrected chi connectivity index (χ3v) is 5.13. The summed E-state index contributed by atoms with van der Waals surface area (Å²) in [6.45, 7) is 0.433. The number of benzene rings is 1. The molecule has 4 aromatic heterocycles. The van der Waals surface area contributed by atoms with Gasteiger partial charge in [0.2, 0.25) is 0 Å². The maximum atomic E-state index is 12.9. The molecule has 160 valence electrons. The van der Waals surface area contributed by atoms with E-state index in [4.69, 9.17) is 10.7 Å². The van der Waals surface area contributed by atoms with Gasteiger partial charge in [0.25, 0.3) is 11.5 Å². The first kappa shape index (κ1) is 20.0. The van der Waals surface area contributed by atoms with Gasteiger partial charge in [-0.15, -0.1) is 0 Å². The molecular weight excluding hydrogens is 418 g/mol. The predicted octanol–water partition coefficient (Wildman–Crippen LogP) is 2.31. The number of hydrogen-bond donors (Lipinski definition) is 4. The molecule has 5 aromatic rings. The van der Waals surface area contributed by atoms with Gasteiger partial charge in [-0.3, -0.25) is 19.7 Å². The number of aromatic amines is 2. The Kier molecular flexibility index (Phi) is 5.01. The standard InChI is InChI=1S/C24H17N7O2/c25-20(32)7-5-15-12-28-24(33)21-18-11-14(19-8-10-29-31-19)4-6-17(18)23(30-22(15)21)27-13-16-3-1-2-9-26-16/h1-4,6,8-12H,13H2,(H2,25,32)(H,27,30)(H,28,33)(H,29,31). The molecule has 1 aromatic carbocycles. The van der Waals surface area contributed by atoms with Crippen LogP contribution in [0.15, 0.2) is 65.8 Å². The highest BCUT2D eigenvalue weighted by Gasteiger charge is 2.15. The van der Waals surface area contributed by atoms with Crippen LogP contribution in [0.3, 0.4) is 0 Å². The van der Waals surface area contributed by atoms with Crippen molar-refractivity contribution in [3.05, 3.63) is 82.7 Å². The van der Waals surface area contributed by atoms with Crippen molar-refractivity contribution in [3.8, 4) is 23.1 Å². The van der Waals surface area contributed by atoms with E-state index in [0.717, 1.165) is 22.3 Å². The number of carbonyl (C=O) groups is 1. The van der Waals surface area contributed by atoms with Crippen molar-refractivity contribution in [3.63, 3.8) is 0 Å². The zero-order valence-corrected chi connectivity index (χ0v) is 17.2. The molecule has 1 amide bonds. The SMILES string of the molecule is NC(=O)C#Cc1c[nH]c(=O)c2c1nc(NCc1ccccn1)c1ccc(-c3ccn[nH]3)cc12. The lowest BCUT2D eigenvalue weighted by Crippen LogP contribution is -2.11. The average Bonchev–Trinajstić information content (AvgIpc) is 3.37. The molecule has 0 bridgehead atoms. The maximum absolute atomic E-state index is 12.9. The number of H-pyrrole nitrogens is 2. The Labute approximate surface area is 187 Å². The number of nitrogens with one attached hydrogen (secondary N) is 3. The van der Waals surface area contributed by atoms with E-state index in [0.29, 0.717) is 34.2 Å². The Morgan fingerprint density at radius 2 is 2.03 bits per heavy atom. The molecule has 0 aliphatic carbocycles. The fourth-order valence-electron chi connectivity index (χ4n) is 3.64. The Morgan fingerprint density at radius 1 is 1.12 bits per heavy atom. The van der Waals surface area contributed by atoms with E-state index in [1.807, 2.05) is 42.5 Å². The van der Waals surface area contributed by atoms with Gasteiger partial charge in [0.05, 0.1) is 34.4 Å². The van der Waals surface area contributed by atoms with Gasteiger partial charge in [-0.25, -0.2) is 4.98 Å². The molecule has 0 spiro atoms. The minimum atomic E-state index is -0.773. The summed E-state index contributed by atoms with van der Waals surface area (Å²) in [7, 11) is 0. The summed E-state index contributed by atoms with van der Waals surface area (Å²) in [5.41, 5.74) is 8.13. The minimum absolute atomic E-state index is 0.315. The van der Waals surface area contributed by atoms with E-state index in [1.54, 1.807) is 12.4 Å². The van der Waals surface area contributed by atoms with Crippen molar-refractivity contribution in [2.45, 2.75) is 6.54 Å². The van der Waals surface area contributed by atoms with E-state index in [-0.39, 0.29) is 5.56 Å². The third kappa shape index (κ3) is 3.88. The average molecular weight is 435 g/mol. The second-order valence-corrected chi connectivity index (χ2v) is 7.24. The predicted molar refractivity (Wildman–Crippen MR) is 125 cm³/mol. The van der Waals surface area contributed by atoms with Gasteiger partial charge in [-0.1, -0.05) is 18.1 Å². The van der Waals surface area contributed by atoms with Crippen LogP contribution in [0, 0.1) is 11.8 Å². The van der Waals surface area contributed by atoms with Crippen molar-refractivity contribution in [2.75, 3.05) is 5.32 Å². The van der Waals surface area contributed by atoms with Crippen LogP contribution in [0.2, 0.25) is 0 Å². The summed E-state index contributed by atoms with van der Waals surface area (Å²) < 4.78 is 0. The van der Waals surface area contributed by atoms with Crippen molar-refractivity contribution in [2.24, 2.45) is 5.73 Å². The highest BCUT2D eigenvalue weighted by molar-refractivity contribution is 6.12. The van der Waals surface area contributed by atoms with Gasteiger partial charge in [-0.05, 0) is 30.3 Å².